The molecule has 2 aromatic heterocycles. The molecule has 15 heteroatoms. The van der Waals surface area contributed by atoms with Gasteiger partial charge in [-0.15, -0.1) is 0 Å². The molecule has 0 radical (unpaired) electrons. The maximum absolute atomic E-state index is 15.8. The summed E-state index contributed by atoms with van der Waals surface area (Å²) in [5.74, 6) is -1.24. The number of carbonyl (C=O) groups excluding carboxylic acids is 3. The van der Waals surface area contributed by atoms with Crippen LogP contribution in [0.3, 0.4) is 0 Å². The summed E-state index contributed by atoms with van der Waals surface area (Å²) in [4.78, 5) is 57.6. The second kappa shape index (κ2) is 16.0. The highest BCUT2D eigenvalue weighted by Gasteiger charge is 2.38. The summed E-state index contributed by atoms with van der Waals surface area (Å²) in [5, 5.41) is 6.15. The van der Waals surface area contributed by atoms with Gasteiger partial charge < -0.3 is 19.5 Å². The van der Waals surface area contributed by atoms with Gasteiger partial charge in [0.05, 0.1) is 18.1 Å². The van der Waals surface area contributed by atoms with Crippen LogP contribution < -0.4 is 20.9 Å². The van der Waals surface area contributed by atoms with Crippen LogP contribution in [0.1, 0.15) is 67.6 Å². The van der Waals surface area contributed by atoms with E-state index in [-0.39, 0.29) is 47.4 Å². The molecule has 3 aliphatic heterocycles. The third-order valence-electron chi connectivity index (χ3n) is 11.4. The van der Waals surface area contributed by atoms with E-state index >= 15 is 4.39 Å². The first-order valence-corrected chi connectivity index (χ1v) is 18.9. The molecule has 56 heavy (non-hydrogen) atoms. The first-order valence-electron chi connectivity index (χ1n) is 18.9. The Balaban J connectivity index is 0.929. The van der Waals surface area contributed by atoms with Crippen LogP contribution in [0.15, 0.2) is 59.8 Å². The van der Waals surface area contributed by atoms with E-state index in [2.05, 4.69) is 20.5 Å². The second-order valence-electron chi connectivity index (χ2n) is 15.0. The molecule has 1 atom stereocenters. The number of pyridine rings is 2. The Morgan fingerprint density at radius 1 is 0.982 bits per heavy atom. The van der Waals surface area contributed by atoms with E-state index in [0.29, 0.717) is 85.2 Å². The van der Waals surface area contributed by atoms with Gasteiger partial charge in [0.15, 0.2) is 0 Å². The highest BCUT2D eigenvalue weighted by atomic mass is 19.4. The van der Waals surface area contributed by atoms with Crippen LogP contribution in [0.2, 0.25) is 0 Å². The number of carbonyl (C=O) groups is 3. The molecule has 5 heterocycles. The van der Waals surface area contributed by atoms with Crippen LogP contribution in [0.25, 0.3) is 21.9 Å². The predicted octanol–water partition coefficient (Wildman–Crippen LogP) is 5.99. The Kier molecular flexibility index (Phi) is 11.2. The summed E-state index contributed by atoms with van der Waals surface area (Å²) in [5.41, 5.74) is 1.06. The van der Waals surface area contributed by atoms with Crippen molar-refractivity contribution in [2.45, 2.75) is 69.6 Å². The van der Waals surface area contributed by atoms with Crippen LogP contribution in [-0.2, 0) is 34.2 Å². The summed E-state index contributed by atoms with van der Waals surface area (Å²) < 4.78 is 65.7. The number of imide groups is 1. The number of likely N-dealkylation sites (tertiary alicyclic amines) is 2. The van der Waals surface area contributed by atoms with Gasteiger partial charge in [0.25, 0.3) is 5.56 Å². The van der Waals surface area contributed by atoms with Crippen molar-refractivity contribution >= 4 is 34.2 Å². The number of halogens is 4. The van der Waals surface area contributed by atoms with E-state index in [0.717, 1.165) is 18.9 Å². The number of rotatable bonds is 9. The molecule has 3 aliphatic rings. The Labute approximate surface area is 321 Å². The fourth-order valence-electron chi connectivity index (χ4n) is 8.31. The number of methoxy groups -OCH3 is 1. The molecule has 1 unspecified atom stereocenters. The number of piperidine rings is 3. The molecule has 4 aromatic rings. The van der Waals surface area contributed by atoms with Gasteiger partial charge in [-0.1, -0.05) is 6.07 Å². The van der Waals surface area contributed by atoms with Crippen LogP contribution in [0.5, 0.6) is 5.75 Å². The van der Waals surface area contributed by atoms with Crippen molar-refractivity contribution in [3.63, 3.8) is 0 Å². The van der Waals surface area contributed by atoms with Crippen molar-refractivity contribution in [2.24, 2.45) is 13.0 Å². The van der Waals surface area contributed by atoms with Gasteiger partial charge in [-0.05, 0) is 104 Å². The van der Waals surface area contributed by atoms with Crippen LogP contribution >= 0.6 is 0 Å². The molecule has 3 fully saturated rings. The molecule has 3 amide bonds. The third-order valence-corrected chi connectivity index (χ3v) is 11.4. The smallest absolute Gasteiger partial charge is 0.416 e. The van der Waals surface area contributed by atoms with Crippen molar-refractivity contribution in [1.29, 1.82) is 0 Å². The average molecular weight is 777 g/mol. The minimum absolute atomic E-state index is 0.00764. The lowest BCUT2D eigenvalue weighted by Gasteiger charge is -2.36. The molecule has 0 bridgehead atoms. The minimum atomic E-state index is -4.61. The van der Waals surface area contributed by atoms with Crippen molar-refractivity contribution in [3.05, 3.63) is 87.9 Å². The van der Waals surface area contributed by atoms with Crippen LogP contribution in [0, 0.1) is 11.7 Å². The number of amides is 3. The Morgan fingerprint density at radius 3 is 2.43 bits per heavy atom. The van der Waals surface area contributed by atoms with E-state index in [1.54, 1.807) is 36.5 Å². The Morgan fingerprint density at radius 2 is 1.73 bits per heavy atom. The predicted molar refractivity (Wildman–Crippen MR) is 201 cm³/mol. The monoisotopic (exact) mass is 776 g/mol. The number of aryl methyl sites for hydroxylation is 1. The Bertz CT molecular complexity index is 2210. The molecule has 2 aromatic carbocycles. The van der Waals surface area contributed by atoms with Gasteiger partial charge in [0.2, 0.25) is 17.7 Å². The first kappa shape index (κ1) is 38.9. The number of nitrogens with zero attached hydrogens (tertiary/aromatic N) is 4. The summed E-state index contributed by atoms with van der Waals surface area (Å²) in [6, 6.07) is 8.20. The number of alkyl halides is 3. The fourth-order valence-corrected chi connectivity index (χ4v) is 8.31. The number of benzene rings is 2. The zero-order chi connectivity index (χ0) is 39.7. The molecular formula is C41H44F4N6O5. The lowest BCUT2D eigenvalue weighted by atomic mass is 9.85. The van der Waals surface area contributed by atoms with Crippen molar-refractivity contribution < 1.29 is 36.7 Å². The maximum Gasteiger partial charge on any atom is 0.416 e. The lowest BCUT2D eigenvalue weighted by Crippen LogP contribution is -2.47. The summed E-state index contributed by atoms with van der Waals surface area (Å²) in [6.45, 7) is 2.37. The van der Waals surface area contributed by atoms with Gasteiger partial charge in [0.1, 0.15) is 17.6 Å². The zero-order valence-electron chi connectivity index (χ0n) is 31.3. The molecule has 7 rings (SSSR count). The van der Waals surface area contributed by atoms with Gasteiger partial charge in [-0.25, -0.2) is 4.39 Å². The number of fused-ring (bicyclic) bond motifs is 1. The zero-order valence-corrected chi connectivity index (χ0v) is 31.3. The molecule has 11 nitrogen and oxygen atoms in total. The van der Waals surface area contributed by atoms with E-state index in [1.807, 2.05) is 0 Å². The summed E-state index contributed by atoms with van der Waals surface area (Å²) in [7, 11) is 3.14. The standard InChI is InChI=1S/C41H44F4N6O5/c1-49-22-31(29-7-12-46-21-30(29)40(49)55)26-18-34(42)32(36(19-26)56-2)23-50-13-8-24(9-14-50)17-38(53)51-15-10-25(11-16-51)28-4-3-27(20-33(28)41(43,44)45)47-35-5-6-37(52)48-39(35)54/h3-4,7,12,18-22,24-25,35,47H,5-6,8-11,13-17,23H2,1-2H3,(H,48,52,54). The number of aromatic nitrogens is 2. The summed E-state index contributed by atoms with van der Waals surface area (Å²) >= 11 is 0. The molecule has 296 valence electrons. The largest absolute Gasteiger partial charge is 0.496 e. The number of ether oxygens (including phenoxy) is 1. The van der Waals surface area contributed by atoms with Gasteiger partial charge in [0, 0.05) is 74.9 Å². The first-order chi connectivity index (χ1) is 26.8. The molecular weight excluding hydrogens is 732 g/mol. The van der Waals surface area contributed by atoms with Gasteiger partial charge in [-0.3, -0.25) is 34.4 Å². The van der Waals surface area contributed by atoms with E-state index in [4.69, 9.17) is 4.74 Å². The van der Waals surface area contributed by atoms with Crippen molar-refractivity contribution in [1.82, 2.24) is 24.7 Å². The lowest BCUT2D eigenvalue weighted by molar-refractivity contribution is -0.139. The van der Waals surface area contributed by atoms with E-state index in [9.17, 15) is 32.3 Å². The number of hydrogen-bond acceptors (Lipinski definition) is 8. The quantitative estimate of drug-likeness (QED) is 0.157. The van der Waals surface area contributed by atoms with Gasteiger partial charge >= 0.3 is 6.18 Å². The molecule has 2 N–H and O–H groups in total. The molecule has 0 saturated carbocycles. The van der Waals surface area contributed by atoms with Gasteiger partial charge in [-0.2, -0.15) is 13.2 Å². The van der Waals surface area contributed by atoms with E-state index in [1.165, 1.54) is 36.1 Å². The average Bonchev–Trinajstić information content (AvgIpc) is 3.18. The highest BCUT2D eigenvalue weighted by Crippen LogP contribution is 2.41. The normalized spacial score (nSPS) is 19.0. The maximum atomic E-state index is 15.8. The number of hydrogen-bond donors (Lipinski definition) is 2. The van der Waals surface area contributed by atoms with Crippen molar-refractivity contribution in [3.8, 4) is 16.9 Å². The number of nitrogens with one attached hydrogen (secondary N) is 2. The van der Waals surface area contributed by atoms with Crippen LogP contribution in [-0.4, -0.2) is 76.4 Å². The molecule has 0 aliphatic carbocycles. The second-order valence-corrected chi connectivity index (χ2v) is 15.0. The SMILES string of the molecule is COc1cc(-c2cn(C)c(=O)c3cnccc23)cc(F)c1CN1CCC(CC(=O)N2CCC(c3ccc(NC4CCC(=O)NC4=O)cc3C(F)(F)F)CC2)CC1. The topological polar surface area (TPSA) is 126 Å². The summed E-state index contributed by atoms with van der Waals surface area (Å²) in [6.07, 6.45) is 3.11. The highest BCUT2D eigenvalue weighted by molar-refractivity contribution is 6.01. The fraction of sp³-hybridized carbons (Fsp3) is 0.439. The Hall–Kier alpha value is -5.31. The van der Waals surface area contributed by atoms with E-state index < -0.39 is 35.4 Å². The van der Waals surface area contributed by atoms with Crippen LogP contribution in [0.4, 0.5) is 23.2 Å². The molecule has 0 spiro atoms. The molecule has 3 saturated heterocycles. The minimum Gasteiger partial charge on any atom is -0.496 e. The number of anilines is 1. The van der Waals surface area contributed by atoms with Crippen molar-refractivity contribution in [2.75, 3.05) is 38.6 Å². The third kappa shape index (κ3) is 8.27.